The number of likely N-dealkylation sites (N-methyl/N-ethyl adjacent to an activating group) is 1. The first-order chi connectivity index (χ1) is 6.02. The first-order valence-corrected chi connectivity index (χ1v) is 5.04. The van der Waals surface area contributed by atoms with E-state index >= 15 is 0 Å². The minimum atomic E-state index is -0.397. The number of hydrogen-bond acceptors (Lipinski definition) is 3. The molecular weight excluding hydrogens is 166 g/mol. The Balaban J connectivity index is 3.51. The highest BCUT2D eigenvalue weighted by molar-refractivity contribution is 4.67. The fraction of sp³-hybridized carbons (Fsp3) is 1.00. The van der Waals surface area contributed by atoms with Crippen molar-refractivity contribution in [2.75, 3.05) is 19.7 Å². The van der Waals surface area contributed by atoms with E-state index in [1.807, 2.05) is 20.8 Å². The Labute approximate surface area is 81.5 Å². The molecule has 0 radical (unpaired) electrons. The summed E-state index contributed by atoms with van der Waals surface area (Å²) in [7, 11) is 0. The zero-order valence-corrected chi connectivity index (χ0v) is 9.26. The molecule has 0 aliphatic heterocycles. The highest BCUT2D eigenvalue weighted by atomic mass is 16.5. The summed E-state index contributed by atoms with van der Waals surface area (Å²) in [6, 6.07) is 0. The number of rotatable bonds is 7. The fourth-order valence-corrected chi connectivity index (χ4v) is 0.794. The van der Waals surface area contributed by atoms with Crippen molar-refractivity contribution < 1.29 is 9.84 Å². The molecule has 0 aliphatic carbocycles. The van der Waals surface area contributed by atoms with Gasteiger partial charge >= 0.3 is 0 Å². The van der Waals surface area contributed by atoms with Gasteiger partial charge in [0.25, 0.3) is 0 Å². The van der Waals surface area contributed by atoms with Crippen LogP contribution in [-0.2, 0) is 4.74 Å². The summed E-state index contributed by atoms with van der Waals surface area (Å²) >= 11 is 0. The molecular formula is C10H23NO2. The van der Waals surface area contributed by atoms with Crippen LogP contribution in [0.1, 0.15) is 34.1 Å². The monoisotopic (exact) mass is 189 g/mol. The molecule has 0 aromatic rings. The Bertz CT molecular complexity index is 126. The molecule has 0 spiro atoms. The minimum Gasteiger partial charge on any atom is -0.389 e. The Kier molecular flexibility index (Phi) is 6.29. The molecule has 1 unspecified atom stereocenters. The zero-order valence-electron chi connectivity index (χ0n) is 9.26. The van der Waals surface area contributed by atoms with E-state index in [0.717, 1.165) is 13.0 Å². The molecule has 2 N–H and O–H groups in total. The predicted molar refractivity (Wildman–Crippen MR) is 54.9 cm³/mol. The molecule has 80 valence electrons. The first-order valence-electron chi connectivity index (χ1n) is 5.04. The molecule has 0 aliphatic rings. The lowest BCUT2D eigenvalue weighted by Crippen LogP contribution is -2.34. The molecule has 0 amide bonds. The second-order valence-electron chi connectivity index (χ2n) is 3.89. The van der Waals surface area contributed by atoms with Gasteiger partial charge in [-0.25, -0.2) is 0 Å². The van der Waals surface area contributed by atoms with Crippen LogP contribution in [0, 0.1) is 0 Å². The Morgan fingerprint density at radius 1 is 1.38 bits per heavy atom. The van der Waals surface area contributed by atoms with E-state index in [0.29, 0.717) is 13.2 Å². The van der Waals surface area contributed by atoms with E-state index in [4.69, 9.17) is 4.74 Å². The van der Waals surface area contributed by atoms with Gasteiger partial charge in [-0.15, -0.1) is 0 Å². The second-order valence-corrected chi connectivity index (χ2v) is 3.89. The molecule has 0 heterocycles. The molecule has 0 aromatic carbocycles. The third kappa shape index (κ3) is 6.99. The van der Waals surface area contributed by atoms with Crippen LogP contribution in [0.2, 0.25) is 0 Å². The third-order valence-electron chi connectivity index (χ3n) is 2.15. The molecule has 0 bridgehead atoms. The maximum absolute atomic E-state index is 9.45. The predicted octanol–water partition coefficient (Wildman–Crippen LogP) is 1.16. The molecule has 0 fully saturated rings. The van der Waals surface area contributed by atoms with E-state index in [9.17, 15) is 5.11 Å². The van der Waals surface area contributed by atoms with Crippen LogP contribution in [0.3, 0.4) is 0 Å². The average molecular weight is 189 g/mol. The molecule has 3 heteroatoms. The zero-order chi connectivity index (χ0) is 10.3. The van der Waals surface area contributed by atoms with Gasteiger partial charge < -0.3 is 15.2 Å². The van der Waals surface area contributed by atoms with Crippen LogP contribution >= 0.6 is 0 Å². The molecule has 13 heavy (non-hydrogen) atoms. The number of hydrogen-bond donors (Lipinski definition) is 2. The van der Waals surface area contributed by atoms with Crippen LogP contribution in [0.25, 0.3) is 0 Å². The lowest BCUT2D eigenvalue weighted by Gasteiger charge is -2.25. The van der Waals surface area contributed by atoms with Gasteiger partial charge in [-0.1, -0.05) is 13.8 Å². The molecule has 0 saturated carbocycles. The summed E-state index contributed by atoms with van der Waals surface area (Å²) in [5.41, 5.74) is -0.118. The highest BCUT2D eigenvalue weighted by Gasteiger charge is 2.16. The Hall–Kier alpha value is -0.120. The highest BCUT2D eigenvalue weighted by Crippen LogP contribution is 2.13. The largest absolute Gasteiger partial charge is 0.389 e. The normalized spacial score (nSPS) is 14.5. The summed E-state index contributed by atoms with van der Waals surface area (Å²) in [4.78, 5) is 0. The summed E-state index contributed by atoms with van der Waals surface area (Å²) in [6.07, 6.45) is 0.562. The number of ether oxygens (including phenoxy) is 1. The van der Waals surface area contributed by atoms with Crippen molar-refractivity contribution in [1.82, 2.24) is 5.32 Å². The van der Waals surface area contributed by atoms with Crippen LogP contribution in [-0.4, -0.2) is 36.5 Å². The smallest absolute Gasteiger partial charge is 0.0897 e. The van der Waals surface area contributed by atoms with Gasteiger partial charge in [0.05, 0.1) is 18.3 Å². The van der Waals surface area contributed by atoms with Crippen molar-refractivity contribution in [3.05, 3.63) is 0 Å². The van der Waals surface area contributed by atoms with E-state index in [1.54, 1.807) is 0 Å². The molecule has 0 rings (SSSR count). The van der Waals surface area contributed by atoms with Gasteiger partial charge in [-0.05, 0) is 26.8 Å². The van der Waals surface area contributed by atoms with Gasteiger partial charge in [-0.3, -0.25) is 0 Å². The topological polar surface area (TPSA) is 41.5 Å². The summed E-state index contributed by atoms with van der Waals surface area (Å²) in [6.45, 7) is 10.1. The van der Waals surface area contributed by atoms with Crippen LogP contribution in [0.4, 0.5) is 0 Å². The van der Waals surface area contributed by atoms with Gasteiger partial charge in [0.1, 0.15) is 0 Å². The quantitative estimate of drug-likeness (QED) is 0.631. The lowest BCUT2D eigenvalue weighted by atomic mass is 10.1. The van der Waals surface area contributed by atoms with E-state index in [2.05, 4.69) is 12.2 Å². The van der Waals surface area contributed by atoms with Crippen molar-refractivity contribution >= 4 is 0 Å². The van der Waals surface area contributed by atoms with Crippen LogP contribution < -0.4 is 5.32 Å². The Morgan fingerprint density at radius 2 is 2.00 bits per heavy atom. The minimum absolute atomic E-state index is 0.118. The van der Waals surface area contributed by atoms with E-state index in [-0.39, 0.29) is 5.60 Å². The number of nitrogens with one attached hydrogen (secondary N) is 1. The molecule has 0 saturated heterocycles. The molecule has 3 nitrogen and oxygen atoms in total. The lowest BCUT2D eigenvalue weighted by molar-refractivity contribution is -0.0599. The van der Waals surface area contributed by atoms with Gasteiger partial charge in [-0.2, -0.15) is 0 Å². The standard InChI is InChI=1S/C10H23NO2/c1-5-10(3,4)13-8-9(12)7-11-6-2/h9,11-12H,5-8H2,1-4H3. The second kappa shape index (κ2) is 6.35. The fourth-order valence-electron chi connectivity index (χ4n) is 0.794. The van der Waals surface area contributed by atoms with Crippen molar-refractivity contribution in [2.24, 2.45) is 0 Å². The summed E-state index contributed by atoms with van der Waals surface area (Å²) in [5, 5.41) is 12.5. The first kappa shape index (κ1) is 12.9. The number of aliphatic hydroxyl groups is 1. The maximum atomic E-state index is 9.45. The van der Waals surface area contributed by atoms with Crippen molar-refractivity contribution in [3.8, 4) is 0 Å². The van der Waals surface area contributed by atoms with E-state index < -0.39 is 6.10 Å². The van der Waals surface area contributed by atoms with Gasteiger partial charge in [0.15, 0.2) is 0 Å². The summed E-state index contributed by atoms with van der Waals surface area (Å²) in [5.74, 6) is 0. The summed E-state index contributed by atoms with van der Waals surface area (Å²) < 4.78 is 5.55. The van der Waals surface area contributed by atoms with Crippen molar-refractivity contribution in [3.63, 3.8) is 0 Å². The van der Waals surface area contributed by atoms with Crippen LogP contribution in [0.15, 0.2) is 0 Å². The van der Waals surface area contributed by atoms with E-state index in [1.165, 1.54) is 0 Å². The maximum Gasteiger partial charge on any atom is 0.0897 e. The SMILES string of the molecule is CCNCC(O)COC(C)(C)CC. The van der Waals surface area contributed by atoms with Gasteiger partial charge in [0.2, 0.25) is 0 Å². The molecule has 1 atom stereocenters. The van der Waals surface area contributed by atoms with Gasteiger partial charge in [0, 0.05) is 6.54 Å². The average Bonchev–Trinajstić information content (AvgIpc) is 2.11. The number of aliphatic hydroxyl groups excluding tert-OH is 1. The van der Waals surface area contributed by atoms with Crippen LogP contribution in [0.5, 0.6) is 0 Å². The van der Waals surface area contributed by atoms with Crippen molar-refractivity contribution in [2.45, 2.75) is 45.8 Å². The third-order valence-corrected chi connectivity index (χ3v) is 2.15. The molecule has 0 aromatic heterocycles. The van der Waals surface area contributed by atoms with Crippen molar-refractivity contribution in [1.29, 1.82) is 0 Å². The Morgan fingerprint density at radius 3 is 2.46 bits per heavy atom.